The average molecular weight is 254 g/mol. The molecule has 0 spiro atoms. The second-order valence-corrected chi connectivity index (χ2v) is 4.47. The highest BCUT2D eigenvalue weighted by molar-refractivity contribution is 5.44. The quantitative estimate of drug-likeness (QED) is 0.774. The van der Waals surface area contributed by atoms with Gasteiger partial charge in [-0.2, -0.15) is 0 Å². The summed E-state index contributed by atoms with van der Waals surface area (Å²) in [5.74, 6) is 0.746. The highest BCUT2D eigenvalue weighted by Crippen LogP contribution is 2.20. The molecule has 1 atom stereocenters. The molecule has 0 amide bonds. The number of hydrogen-bond acceptors (Lipinski definition) is 5. The molecule has 0 fully saturated rings. The maximum atomic E-state index is 4.30. The number of nitrogens with zero attached hydrogens (tertiary/aromatic N) is 5. The first-order valence-corrected chi connectivity index (χ1v) is 6.11. The molecule has 1 aromatic carbocycles. The zero-order chi connectivity index (χ0) is 13.2. The molecule has 3 aromatic rings. The predicted octanol–water partition coefficient (Wildman–Crippen LogP) is 2.00. The summed E-state index contributed by atoms with van der Waals surface area (Å²) in [6, 6.07) is 12.2. The normalized spacial score (nSPS) is 12.5. The number of aromatic nitrogens is 5. The van der Waals surface area contributed by atoms with E-state index < -0.39 is 0 Å². The third-order valence-corrected chi connectivity index (χ3v) is 3.09. The first-order chi connectivity index (χ1) is 9.24. The van der Waals surface area contributed by atoms with Gasteiger partial charge in [-0.3, -0.25) is 0 Å². The third-order valence-electron chi connectivity index (χ3n) is 3.09. The standard InChI is InChI=1S/C13H14N6/c1-9-5-3-4-6-11(9)10(2)14-12-7-8-13-15-17-18-19(13)16-12/h3-8,10H,1-2H3,(H,14,16)/t10-/m0/s1. The fraction of sp³-hybridized carbons (Fsp3) is 0.231. The van der Waals surface area contributed by atoms with Crippen LogP contribution in [0.4, 0.5) is 5.82 Å². The summed E-state index contributed by atoms with van der Waals surface area (Å²) in [6.45, 7) is 4.21. The van der Waals surface area contributed by atoms with E-state index in [-0.39, 0.29) is 6.04 Å². The first kappa shape index (κ1) is 11.6. The van der Waals surface area contributed by atoms with E-state index in [0.717, 1.165) is 5.82 Å². The van der Waals surface area contributed by atoms with E-state index in [1.54, 1.807) is 0 Å². The molecular formula is C13H14N6. The number of aryl methyl sites for hydroxylation is 1. The van der Waals surface area contributed by atoms with Crippen LogP contribution in [0.1, 0.15) is 24.1 Å². The van der Waals surface area contributed by atoms with Crippen molar-refractivity contribution in [1.82, 2.24) is 25.3 Å². The van der Waals surface area contributed by atoms with Crippen LogP contribution in [0.2, 0.25) is 0 Å². The molecule has 19 heavy (non-hydrogen) atoms. The molecule has 96 valence electrons. The molecule has 6 heteroatoms. The second kappa shape index (κ2) is 4.64. The van der Waals surface area contributed by atoms with Crippen LogP contribution < -0.4 is 5.32 Å². The molecule has 2 heterocycles. The van der Waals surface area contributed by atoms with Crippen molar-refractivity contribution in [2.24, 2.45) is 0 Å². The van der Waals surface area contributed by atoms with Gasteiger partial charge in [0, 0.05) is 0 Å². The van der Waals surface area contributed by atoms with E-state index >= 15 is 0 Å². The Hall–Kier alpha value is -2.50. The van der Waals surface area contributed by atoms with Gasteiger partial charge in [0.05, 0.1) is 6.04 Å². The molecule has 0 saturated carbocycles. The van der Waals surface area contributed by atoms with Gasteiger partial charge in [-0.1, -0.05) is 24.3 Å². The Kier molecular flexibility index (Phi) is 2.83. The molecule has 0 bridgehead atoms. The van der Waals surface area contributed by atoms with Gasteiger partial charge in [0.25, 0.3) is 0 Å². The average Bonchev–Trinajstić information content (AvgIpc) is 2.86. The Bertz CT molecular complexity index is 705. The summed E-state index contributed by atoms with van der Waals surface area (Å²) in [4.78, 5) is 0. The minimum absolute atomic E-state index is 0.169. The Balaban J connectivity index is 1.86. The number of fused-ring (bicyclic) bond motifs is 1. The minimum Gasteiger partial charge on any atom is -0.362 e. The maximum Gasteiger partial charge on any atom is 0.200 e. The Morgan fingerprint density at radius 1 is 1.16 bits per heavy atom. The maximum absolute atomic E-state index is 4.30. The summed E-state index contributed by atoms with van der Waals surface area (Å²) >= 11 is 0. The monoisotopic (exact) mass is 254 g/mol. The largest absolute Gasteiger partial charge is 0.362 e. The first-order valence-electron chi connectivity index (χ1n) is 6.11. The fourth-order valence-electron chi connectivity index (χ4n) is 2.10. The van der Waals surface area contributed by atoms with E-state index in [0.29, 0.717) is 5.65 Å². The van der Waals surface area contributed by atoms with Crippen molar-refractivity contribution in [3.8, 4) is 0 Å². The zero-order valence-corrected chi connectivity index (χ0v) is 10.8. The Labute approximate surface area is 110 Å². The van der Waals surface area contributed by atoms with Gasteiger partial charge in [-0.15, -0.1) is 14.8 Å². The summed E-state index contributed by atoms with van der Waals surface area (Å²) in [5.41, 5.74) is 3.14. The lowest BCUT2D eigenvalue weighted by atomic mass is 10.0. The van der Waals surface area contributed by atoms with Crippen LogP contribution in [-0.4, -0.2) is 25.3 Å². The molecule has 0 saturated heterocycles. The predicted molar refractivity (Wildman–Crippen MR) is 71.8 cm³/mol. The molecular weight excluding hydrogens is 240 g/mol. The highest BCUT2D eigenvalue weighted by atomic mass is 15.6. The fourth-order valence-corrected chi connectivity index (χ4v) is 2.10. The van der Waals surface area contributed by atoms with Crippen molar-refractivity contribution >= 4 is 11.5 Å². The van der Waals surface area contributed by atoms with Crippen molar-refractivity contribution in [2.75, 3.05) is 5.32 Å². The number of benzene rings is 1. The van der Waals surface area contributed by atoms with Gasteiger partial charge >= 0.3 is 0 Å². The van der Waals surface area contributed by atoms with Gasteiger partial charge in [0.1, 0.15) is 5.82 Å². The van der Waals surface area contributed by atoms with E-state index in [9.17, 15) is 0 Å². The molecule has 1 N–H and O–H groups in total. The van der Waals surface area contributed by atoms with Crippen LogP contribution in [0, 0.1) is 6.92 Å². The van der Waals surface area contributed by atoms with Crippen LogP contribution in [0.3, 0.4) is 0 Å². The van der Waals surface area contributed by atoms with Crippen molar-refractivity contribution in [2.45, 2.75) is 19.9 Å². The molecule has 0 aliphatic carbocycles. The number of nitrogens with one attached hydrogen (secondary N) is 1. The summed E-state index contributed by atoms with van der Waals surface area (Å²) < 4.78 is 1.41. The van der Waals surface area contributed by atoms with Gasteiger partial charge in [0.2, 0.25) is 0 Å². The smallest absolute Gasteiger partial charge is 0.200 e. The van der Waals surface area contributed by atoms with Crippen molar-refractivity contribution < 1.29 is 0 Å². The number of tetrazole rings is 1. The molecule has 2 aromatic heterocycles. The second-order valence-electron chi connectivity index (χ2n) is 4.47. The number of anilines is 1. The topological polar surface area (TPSA) is 68.0 Å². The minimum atomic E-state index is 0.169. The van der Waals surface area contributed by atoms with E-state index in [2.05, 4.69) is 51.9 Å². The number of rotatable bonds is 3. The summed E-state index contributed by atoms with van der Waals surface area (Å²) in [6.07, 6.45) is 0. The molecule has 3 rings (SSSR count). The third kappa shape index (κ3) is 2.24. The molecule has 6 nitrogen and oxygen atoms in total. The zero-order valence-electron chi connectivity index (χ0n) is 10.8. The lowest BCUT2D eigenvalue weighted by Gasteiger charge is -2.16. The van der Waals surface area contributed by atoms with Crippen LogP contribution in [0.25, 0.3) is 5.65 Å². The lowest BCUT2D eigenvalue weighted by molar-refractivity contribution is 0.727. The molecule has 0 radical (unpaired) electrons. The van der Waals surface area contributed by atoms with Crippen molar-refractivity contribution in [3.05, 3.63) is 47.5 Å². The van der Waals surface area contributed by atoms with Crippen LogP contribution in [-0.2, 0) is 0 Å². The van der Waals surface area contributed by atoms with E-state index in [1.807, 2.05) is 24.3 Å². The van der Waals surface area contributed by atoms with Crippen LogP contribution in [0.15, 0.2) is 36.4 Å². The van der Waals surface area contributed by atoms with E-state index in [4.69, 9.17) is 0 Å². The van der Waals surface area contributed by atoms with Gasteiger partial charge in [-0.05, 0) is 47.5 Å². The van der Waals surface area contributed by atoms with Gasteiger partial charge in [0.15, 0.2) is 5.65 Å². The molecule has 0 aliphatic rings. The number of hydrogen-bond donors (Lipinski definition) is 1. The Morgan fingerprint density at radius 2 is 2.00 bits per heavy atom. The van der Waals surface area contributed by atoms with Gasteiger partial charge in [-0.25, -0.2) is 0 Å². The summed E-state index contributed by atoms with van der Waals surface area (Å²) in [7, 11) is 0. The highest BCUT2D eigenvalue weighted by Gasteiger charge is 2.09. The molecule has 0 unspecified atom stereocenters. The molecule has 0 aliphatic heterocycles. The van der Waals surface area contributed by atoms with Crippen LogP contribution >= 0.6 is 0 Å². The SMILES string of the molecule is Cc1ccccc1[C@H](C)Nc1ccc2nnnn2n1. The Morgan fingerprint density at radius 3 is 2.84 bits per heavy atom. The van der Waals surface area contributed by atoms with Gasteiger partial charge < -0.3 is 5.32 Å². The van der Waals surface area contributed by atoms with Crippen LogP contribution in [0.5, 0.6) is 0 Å². The lowest BCUT2D eigenvalue weighted by Crippen LogP contribution is -2.10. The van der Waals surface area contributed by atoms with E-state index in [1.165, 1.54) is 15.8 Å². The van der Waals surface area contributed by atoms with Crippen molar-refractivity contribution in [3.63, 3.8) is 0 Å². The van der Waals surface area contributed by atoms with Crippen molar-refractivity contribution in [1.29, 1.82) is 0 Å². The summed E-state index contributed by atoms with van der Waals surface area (Å²) in [5, 5.41) is 18.8.